The molecule has 0 saturated heterocycles. The van der Waals surface area contributed by atoms with Gasteiger partial charge in [0.1, 0.15) is 11.6 Å². The average molecular weight is 360 g/mol. The number of nitrogens with zero attached hydrogens (tertiary/aromatic N) is 2. The second-order valence-corrected chi connectivity index (χ2v) is 6.34. The van der Waals surface area contributed by atoms with E-state index in [1.165, 1.54) is 11.6 Å². The second-order valence-electron chi connectivity index (χ2n) is 6.34. The van der Waals surface area contributed by atoms with Crippen LogP contribution in [0.15, 0.2) is 47.5 Å². The molecule has 0 aliphatic carbocycles. The van der Waals surface area contributed by atoms with Crippen LogP contribution in [0.4, 0.5) is 8.78 Å². The molecule has 0 aliphatic rings. The predicted molar refractivity (Wildman–Crippen MR) is 102 cm³/mol. The van der Waals surface area contributed by atoms with Crippen molar-refractivity contribution < 1.29 is 8.78 Å². The fourth-order valence-corrected chi connectivity index (χ4v) is 2.49. The van der Waals surface area contributed by atoms with E-state index in [0.717, 1.165) is 24.2 Å². The summed E-state index contributed by atoms with van der Waals surface area (Å²) in [4.78, 5) is 6.63. The molecule has 140 valence electrons. The monoisotopic (exact) mass is 360 g/mol. The van der Waals surface area contributed by atoms with Gasteiger partial charge in [-0.25, -0.2) is 13.8 Å². The van der Waals surface area contributed by atoms with E-state index in [1.807, 2.05) is 21.0 Å². The SMILES string of the molecule is CCNC(=NCc1ccc(CN(C)C)cc1)NCc1cc(F)ccc1F. The topological polar surface area (TPSA) is 39.7 Å². The largest absolute Gasteiger partial charge is 0.357 e. The van der Waals surface area contributed by atoms with E-state index in [9.17, 15) is 8.78 Å². The highest BCUT2D eigenvalue weighted by Crippen LogP contribution is 2.10. The van der Waals surface area contributed by atoms with Gasteiger partial charge < -0.3 is 15.5 Å². The highest BCUT2D eigenvalue weighted by molar-refractivity contribution is 5.79. The van der Waals surface area contributed by atoms with Crippen molar-refractivity contribution in [2.75, 3.05) is 20.6 Å². The summed E-state index contributed by atoms with van der Waals surface area (Å²) < 4.78 is 27.0. The van der Waals surface area contributed by atoms with Gasteiger partial charge in [0.05, 0.1) is 6.54 Å². The molecule has 0 amide bonds. The standard InChI is InChI=1S/C20H26F2N4/c1-4-23-20(25-13-17-11-18(21)9-10-19(17)22)24-12-15-5-7-16(8-6-15)14-26(2)3/h5-11H,4,12-14H2,1-3H3,(H2,23,24,25). The Labute approximate surface area is 153 Å². The molecule has 0 saturated carbocycles. The molecular formula is C20H26F2N4. The molecule has 2 N–H and O–H groups in total. The molecule has 0 bridgehead atoms. The van der Waals surface area contributed by atoms with Gasteiger partial charge in [-0.3, -0.25) is 0 Å². The Balaban J connectivity index is 1.98. The molecule has 6 heteroatoms. The third-order valence-corrected chi connectivity index (χ3v) is 3.74. The van der Waals surface area contributed by atoms with Gasteiger partial charge in [-0.05, 0) is 50.3 Å². The van der Waals surface area contributed by atoms with Crippen LogP contribution >= 0.6 is 0 Å². The maximum absolute atomic E-state index is 13.7. The molecule has 0 atom stereocenters. The summed E-state index contributed by atoms with van der Waals surface area (Å²) in [5, 5.41) is 6.15. The number of nitrogens with one attached hydrogen (secondary N) is 2. The molecule has 0 radical (unpaired) electrons. The van der Waals surface area contributed by atoms with Crippen molar-refractivity contribution >= 4 is 5.96 Å². The quantitative estimate of drug-likeness (QED) is 0.588. The van der Waals surface area contributed by atoms with Gasteiger partial charge in [-0.15, -0.1) is 0 Å². The van der Waals surface area contributed by atoms with Crippen LogP contribution < -0.4 is 10.6 Å². The molecule has 0 heterocycles. The van der Waals surface area contributed by atoms with Crippen LogP contribution in [0.25, 0.3) is 0 Å². The van der Waals surface area contributed by atoms with Crippen molar-refractivity contribution in [3.63, 3.8) is 0 Å². The fraction of sp³-hybridized carbons (Fsp3) is 0.350. The van der Waals surface area contributed by atoms with Crippen LogP contribution in [-0.2, 0) is 19.6 Å². The minimum Gasteiger partial charge on any atom is -0.357 e. The Kier molecular flexibility index (Phi) is 7.53. The number of benzene rings is 2. The van der Waals surface area contributed by atoms with Crippen molar-refractivity contribution in [2.24, 2.45) is 4.99 Å². The third-order valence-electron chi connectivity index (χ3n) is 3.74. The zero-order chi connectivity index (χ0) is 18.9. The van der Waals surface area contributed by atoms with E-state index < -0.39 is 11.6 Å². The maximum atomic E-state index is 13.7. The van der Waals surface area contributed by atoms with Gasteiger partial charge in [0, 0.05) is 25.2 Å². The number of rotatable bonds is 7. The predicted octanol–water partition coefficient (Wildman–Crippen LogP) is 3.28. The lowest BCUT2D eigenvalue weighted by atomic mass is 10.1. The third kappa shape index (κ3) is 6.44. The lowest BCUT2D eigenvalue weighted by molar-refractivity contribution is 0.402. The van der Waals surface area contributed by atoms with E-state index in [-0.39, 0.29) is 12.1 Å². The molecule has 0 spiro atoms. The van der Waals surface area contributed by atoms with Gasteiger partial charge in [-0.1, -0.05) is 24.3 Å². The number of aliphatic imine (C=N–C) groups is 1. The van der Waals surface area contributed by atoms with Crippen molar-refractivity contribution in [3.05, 3.63) is 70.8 Å². The summed E-state index contributed by atoms with van der Waals surface area (Å²) in [6, 6.07) is 11.7. The van der Waals surface area contributed by atoms with Crippen LogP contribution in [0.1, 0.15) is 23.6 Å². The lowest BCUT2D eigenvalue weighted by Gasteiger charge is -2.12. The highest BCUT2D eigenvalue weighted by Gasteiger charge is 2.05. The summed E-state index contributed by atoms with van der Waals surface area (Å²) in [5.41, 5.74) is 2.60. The number of hydrogen-bond donors (Lipinski definition) is 2. The van der Waals surface area contributed by atoms with Gasteiger partial charge >= 0.3 is 0 Å². The van der Waals surface area contributed by atoms with Gasteiger partial charge in [-0.2, -0.15) is 0 Å². The van der Waals surface area contributed by atoms with E-state index >= 15 is 0 Å². The number of guanidine groups is 1. The van der Waals surface area contributed by atoms with Crippen LogP contribution in [0.5, 0.6) is 0 Å². The Morgan fingerprint density at radius 3 is 2.35 bits per heavy atom. The van der Waals surface area contributed by atoms with E-state index in [0.29, 0.717) is 19.0 Å². The Morgan fingerprint density at radius 2 is 1.69 bits per heavy atom. The van der Waals surface area contributed by atoms with Crippen LogP contribution in [-0.4, -0.2) is 31.5 Å². The summed E-state index contributed by atoms with van der Waals surface area (Å²) >= 11 is 0. The molecule has 4 nitrogen and oxygen atoms in total. The first kappa shape index (κ1) is 19.8. The fourth-order valence-electron chi connectivity index (χ4n) is 2.49. The minimum atomic E-state index is -0.456. The summed E-state index contributed by atoms with van der Waals surface area (Å²) in [5.74, 6) is -0.331. The van der Waals surface area contributed by atoms with Crippen molar-refractivity contribution in [1.29, 1.82) is 0 Å². The van der Waals surface area contributed by atoms with Crippen LogP contribution in [0, 0.1) is 11.6 Å². The highest BCUT2D eigenvalue weighted by atomic mass is 19.1. The molecule has 2 aromatic rings. The number of halogens is 2. The Morgan fingerprint density at radius 1 is 1.00 bits per heavy atom. The Hall–Kier alpha value is -2.47. The van der Waals surface area contributed by atoms with E-state index in [1.54, 1.807) is 0 Å². The average Bonchev–Trinajstić information content (AvgIpc) is 2.61. The first-order chi connectivity index (χ1) is 12.5. The first-order valence-corrected chi connectivity index (χ1v) is 8.66. The van der Waals surface area contributed by atoms with Gasteiger partial charge in [0.2, 0.25) is 0 Å². The van der Waals surface area contributed by atoms with Crippen LogP contribution in [0.3, 0.4) is 0 Å². The van der Waals surface area contributed by atoms with Crippen molar-refractivity contribution in [1.82, 2.24) is 15.5 Å². The molecule has 0 aliphatic heterocycles. The Bertz CT molecular complexity index is 727. The minimum absolute atomic E-state index is 0.164. The smallest absolute Gasteiger partial charge is 0.191 e. The molecule has 26 heavy (non-hydrogen) atoms. The summed E-state index contributed by atoms with van der Waals surface area (Å²) in [6.07, 6.45) is 0. The number of hydrogen-bond acceptors (Lipinski definition) is 2. The van der Waals surface area contributed by atoms with Crippen molar-refractivity contribution in [3.8, 4) is 0 Å². The molecule has 0 aromatic heterocycles. The van der Waals surface area contributed by atoms with Gasteiger partial charge in [0.25, 0.3) is 0 Å². The van der Waals surface area contributed by atoms with Crippen LogP contribution in [0.2, 0.25) is 0 Å². The van der Waals surface area contributed by atoms with E-state index in [4.69, 9.17) is 0 Å². The maximum Gasteiger partial charge on any atom is 0.191 e. The normalized spacial score (nSPS) is 11.7. The van der Waals surface area contributed by atoms with E-state index in [2.05, 4.69) is 44.8 Å². The second kappa shape index (κ2) is 9.87. The molecule has 0 unspecified atom stereocenters. The van der Waals surface area contributed by atoms with Gasteiger partial charge in [0.15, 0.2) is 5.96 Å². The first-order valence-electron chi connectivity index (χ1n) is 8.66. The zero-order valence-corrected chi connectivity index (χ0v) is 15.5. The summed E-state index contributed by atoms with van der Waals surface area (Å²) in [7, 11) is 4.07. The lowest BCUT2D eigenvalue weighted by Crippen LogP contribution is -2.37. The molecule has 0 fully saturated rings. The van der Waals surface area contributed by atoms with Crippen molar-refractivity contribution in [2.45, 2.75) is 26.6 Å². The molecular weight excluding hydrogens is 334 g/mol. The zero-order valence-electron chi connectivity index (χ0n) is 15.5. The molecule has 2 aromatic carbocycles. The summed E-state index contributed by atoms with van der Waals surface area (Å²) in [6.45, 7) is 4.20. The molecule has 2 rings (SSSR count).